The molecule has 1 saturated heterocycles. The Morgan fingerprint density at radius 3 is 2.59 bits per heavy atom. The number of carbonyl (C=O) groups excluding carboxylic acids is 1. The summed E-state index contributed by atoms with van der Waals surface area (Å²) in [5.74, 6) is 1.81. The van der Waals surface area contributed by atoms with Gasteiger partial charge in [-0.1, -0.05) is 26.0 Å². The fourth-order valence-electron chi connectivity index (χ4n) is 1.96. The molecule has 2 rings (SSSR count). The van der Waals surface area contributed by atoms with Gasteiger partial charge in [-0.15, -0.1) is 11.8 Å². The number of thioether (sulfide) groups is 1. The Balaban J connectivity index is 1.96. The van der Waals surface area contributed by atoms with Crippen LogP contribution in [0.4, 0.5) is 5.69 Å². The third-order valence-corrected chi connectivity index (χ3v) is 4.44. The molecule has 1 aromatic rings. The maximum atomic E-state index is 11.9. The molecule has 3 heteroatoms. The third-order valence-electron chi connectivity index (χ3n) is 3.07. The fraction of sp³-hybridized carbons (Fsp3) is 0.500. The van der Waals surface area contributed by atoms with Gasteiger partial charge in [0.25, 0.3) is 0 Å². The predicted octanol–water partition coefficient (Wildman–Crippen LogP) is 3.64. The maximum Gasteiger partial charge on any atom is 0.237 e. The molecule has 92 valence electrons. The molecule has 1 aliphatic heterocycles. The summed E-state index contributed by atoms with van der Waals surface area (Å²) in [6, 6.07) is 8.16. The van der Waals surface area contributed by atoms with Crippen LogP contribution in [0.3, 0.4) is 0 Å². The number of amides is 1. The Morgan fingerprint density at radius 1 is 1.35 bits per heavy atom. The van der Waals surface area contributed by atoms with Crippen molar-refractivity contribution in [1.82, 2.24) is 0 Å². The zero-order valence-electron chi connectivity index (χ0n) is 10.4. The lowest BCUT2D eigenvalue weighted by Crippen LogP contribution is -2.22. The van der Waals surface area contributed by atoms with Gasteiger partial charge in [0.05, 0.1) is 5.25 Å². The summed E-state index contributed by atoms with van der Waals surface area (Å²) < 4.78 is 0. The molecule has 0 aliphatic carbocycles. The van der Waals surface area contributed by atoms with Crippen LogP contribution in [-0.2, 0) is 4.79 Å². The molecule has 1 fully saturated rings. The molecule has 0 bridgehead atoms. The molecule has 0 radical (unpaired) electrons. The molecule has 0 aromatic heterocycles. The largest absolute Gasteiger partial charge is 0.325 e. The standard InChI is InChI=1S/C14H19NOS/c1-10(2)11-5-7-12(8-6-11)15-14(16)13-4-3-9-17-13/h5-8,10,13H,3-4,9H2,1-2H3,(H,15,16). The minimum atomic E-state index is 0.153. The molecule has 1 amide bonds. The first-order valence-corrected chi connectivity index (χ1v) is 7.24. The summed E-state index contributed by atoms with van der Waals surface area (Å²) in [7, 11) is 0. The van der Waals surface area contributed by atoms with Gasteiger partial charge in [0.1, 0.15) is 0 Å². The summed E-state index contributed by atoms with van der Waals surface area (Å²) in [5.41, 5.74) is 2.21. The molecule has 1 N–H and O–H groups in total. The summed E-state index contributed by atoms with van der Waals surface area (Å²) in [6.07, 6.45) is 2.18. The van der Waals surface area contributed by atoms with Gasteiger partial charge in [-0.3, -0.25) is 4.79 Å². The van der Waals surface area contributed by atoms with E-state index in [4.69, 9.17) is 0 Å². The molecule has 1 aromatic carbocycles. The van der Waals surface area contributed by atoms with Crippen LogP contribution in [0, 0.1) is 0 Å². The molecule has 1 atom stereocenters. The first-order valence-electron chi connectivity index (χ1n) is 6.19. The third kappa shape index (κ3) is 3.25. The lowest BCUT2D eigenvalue weighted by atomic mass is 10.0. The van der Waals surface area contributed by atoms with Gasteiger partial charge in [0.2, 0.25) is 5.91 Å². The van der Waals surface area contributed by atoms with Crippen molar-refractivity contribution in [3.05, 3.63) is 29.8 Å². The summed E-state index contributed by atoms with van der Waals surface area (Å²) in [4.78, 5) is 11.9. The minimum absolute atomic E-state index is 0.153. The fourth-order valence-corrected chi connectivity index (χ4v) is 3.12. The van der Waals surface area contributed by atoms with Crippen molar-refractivity contribution in [3.8, 4) is 0 Å². The number of benzene rings is 1. The van der Waals surface area contributed by atoms with Crippen LogP contribution in [-0.4, -0.2) is 16.9 Å². The first kappa shape index (κ1) is 12.5. The van der Waals surface area contributed by atoms with Gasteiger partial charge in [-0.2, -0.15) is 0 Å². The highest BCUT2D eigenvalue weighted by atomic mass is 32.2. The number of hydrogen-bond donors (Lipinski definition) is 1. The van der Waals surface area contributed by atoms with Crippen molar-refractivity contribution in [3.63, 3.8) is 0 Å². The molecular weight excluding hydrogens is 230 g/mol. The van der Waals surface area contributed by atoms with E-state index in [-0.39, 0.29) is 11.2 Å². The monoisotopic (exact) mass is 249 g/mol. The minimum Gasteiger partial charge on any atom is -0.325 e. The van der Waals surface area contributed by atoms with Crippen LogP contribution in [0.15, 0.2) is 24.3 Å². The van der Waals surface area contributed by atoms with Crippen LogP contribution >= 0.6 is 11.8 Å². The van der Waals surface area contributed by atoms with Crippen molar-refractivity contribution < 1.29 is 4.79 Å². The van der Waals surface area contributed by atoms with Crippen LogP contribution < -0.4 is 5.32 Å². The Morgan fingerprint density at radius 2 is 2.06 bits per heavy atom. The van der Waals surface area contributed by atoms with Crippen molar-refractivity contribution in [2.45, 2.75) is 37.9 Å². The van der Waals surface area contributed by atoms with Crippen LogP contribution in [0.1, 0.15) is 38.2 Å². The molecule has 1 heterocycles. The highest BCUT2D eigenvalue weighted by Crippen LogP contribution is 2.27. The van der Waals surface area contributed by atoms with Crippen LogP contribution in [0.5, 0.6) is 0 Å². The van der Waals surface area contributed by atoms with Crippen molar-refractivity contribution in [2.24, 2.45) is 0 Å². The zero-order valence-corrected chi connectivity index (χ0v) is 11.2. The summed E-state index contributed by atoms with van der Waals surface area (Å²) in [5, 5.41) is 3.14. The Bertz CT molecular complexity index is 380. The smallest absolute Gasteiger partial charge is 0.237 e. The number of nitrogens with one attached hydrogen (secondary N) is 1. The highest BCUT2D eigenvalue weighted by molar-refractivity contribution is 8.00. The van der Waals surface area contributed by atoms with Gasteiger partial charge >= 0.3 is 0 Å². The molecule has 1 unspecified atom stereocenters. The van der Waals surface area contributed by atoms with E-state index in [9.17, 15) is 4.79 Å². The molecule has 1 aliphatic rings. The van der Waals surface area contributed by atoms with Crippen molar-refractivity contribution in [2.75, 3.05) is 11.1 Å². The van der Waals surface area contributed by atoms with E-state index in [1.807, 2.05) is 12.1 Å². The lowest BCUT2D eigenvalue weighted by molar-refractivity contribution is -0.115. The van der Waals surface area contributed by atoms with E-state index < -0.39 is 0 Å². The second-order valence-electron chi connectivity index (χ2n) is 4.77. The number of hydrogen-bond acceptors (Lipinski definition) is 2. The van der Waals surface area contributed by atoms with E-state index in [1.165, 1.54) is 5.56 Å². The topological polar surface area (TPSA) is 29.1 Å². The van der Waals surface area contributed by atoms with Crippen molar-refractivity contribution in [1.29, 1.82) is 0 Å². The van der Waals surface area contributed by atoms with Gasteiger partial charge in [0, 0.05) is 5.69 Å². The highest BCUT2D eigenvalue weighted by Gasteiger charge is 2.23. The van der Waals surface area contributed by atoms with Crippen LogP contribution in [0.2, 0.25) is 0 Å². The van der Waals surface area contributed by atoms with E-state index in [0.717, 1.165) is 24.3 Å². The van der Waals surface area contributed by atoms with Gasteiger partial charge in [-0.05, 0) is 42.2 Å². The molecular formula is C14H19NOS. The molecule has 17 heavy (non-hydrogen) atoms. The summed E-state index contributed by atoms with van der Waals surface area (Å²) in [6.45, 7) is 4.34. The van der Waals surface area contributed by atoms with Gasteiger partial charge < -0.3 is 5.32 Å². The molecule has 0 saturated carbocycles. The van der Waals surface area contributed by atoms with Gasteiger partial charge in [0.15, 0.2) is 0 Å². The number of carbonyl (C=O) groups is 1. The lowest BCUT2D eigenvalue weighted by Gasteiger charge is -2.11. The maximum absolute atomic E-state index is 11.9. The second-order valence-corrected chi connectivity index (χ2v) is 6.08. The zero-order chi connectivity index (χ0) is 12.3. The Labute approximate surface area is 107 Å². The first-order chi connectivity index (χ1) is 8.16. The van der Waals surface area contributed by atoms with E-state index in [0.29, 0.717) is 5.92 Å². The normalized spacial score (nSPS) is 19.6. The van der Waals surface area contributed by atoms with Gasteiger partial charge in [-0.25, -0.2) is 0 Å². The quantitative estimate of drug-likeness (QED) is 0.886. The second kappa shape index (κ2) is 5.58. The SMILES string of the molecule is CC(C)c1ccc(NC(=O)C2CCCS2)cc1. The number of rotatable bonds is 3. The summed E-state index contributed by atoms with van der Waals surface area (Å²) >= 11 is 1.77. The predicted molar refractivity (Wildman–Crippen MR) is 74.6 cm³/mol. The van der Waals surface area contributed by atoms with E-state index in [1.54, 1.807) is 11.8 Å². The molecule has 2 nitrogen and oxygen atoms in total. The number of anilines is 1. The molecule has 0 spiro atoms. The van der Waals surface area contributed by atoms with E-state index >= 15 is 0 Å². The Hall–Kier alpha value is -0.960. The average Bonchev–Trinajstić information content (AvgIpc) is 2.83. The average molecular weight is 249 g/mol. The van der Waals surface area contributed by atoms with E-state index in [2.05, 4.69) is 31.3 Å². The Kier molecular flexibility index (Phi) is 4.11. The van der Waals surface area contributed by atoms with Crippen molar-refractivity contribution >= 4 is 23.4 Å². The van der Waals surface area contributed by atoms with Crippen LogP contribution in [0.25, 0.3) is 0 Å².